The normalized spacial score (nSPS) is 10.3. The van der Waals surface area contributed by atoms with E-state index >= 15 is 0 Å². The zero-order valence-electron chi connectivity index (χ0n) is 11.2. The van der Waals surface area contributed by atoms with Crippen molar-refractivity contribution in [3.05, 3.63) is 61.1 Å². The molecule has 0 spiro atoms. The number of aromatic nitrogens is 3. The van der Waals surface area contributed by atoms with Gasteiger partial charge >= 0.3 is 0 Å². The molecule has 0 saturated carbocycles. The molecule has 0 amide bonds. The van der Waals surface area contributed by atoms with Gasteiger partial charge in [-0.25, -0.2) is 20.8 Å². The maximum Gasteiger partial charge on any atom is 0.170 e. The highest BCUT2D eigenvalue weighted by atomic mass is 15.4. The van der Waals surface area contributed by atoms with Crippen LogP contribution in [-0.2, 0) is 0 Å². The molecule has 0 aliphatic heterocycles. The average Bonchev–Trinajstić information content (AvgIpc) is 2.56. The van der Waals surface area contributed by atoms with Crippen molar-refractivity contribution in [1.29, 1.82) is 0 Å². The molecule has 0 atom stereocenters. The summed E-state index contributed by atoms with van der Waals surface area (Å²) in [5.74, 6) is 7.26. The summed E-state index contributed by atoms with van der Waals surface area (Å²) in [6, 6.07) is 12.9. The lowest BCUT2D eigenvalue weighted by Gasteiger charge is -2.19. The van der Waals surface area contributed by atoms with Gasteiger partial charge in [-0.15, -0.1) is 0 Å². The topological polar surface area (TPSA) is 94.0 Å². The summed E-state index contributed by atoms with van der Waals surface area (Å²) >= 11 is 0. The Morgan fingerprint density at radius 1 is 0.857 bits per heavy atom. The number of benzene rings is 1. The van der Waals surface area contributed by atoms with Crippen LogP contribution >= 0.6 is 0 Å². The van der Waals surface area contributed by atoms with E-state index in [1.165, 1.54) is 5.01 Å². The Balaban J connectivity index is 1.99. The Morgan fingerprint density at radius 2 is 1.62 bits per heavy atom. The molecule has 2 heterocycles. The fraction of sp³-hybridized carbons (Fsp3) is 0. The number of nitrogens with two attached hydrogens (primary N) is 2. The minimum Gasteiger partial charge on any atom is -0.396 e. The summed E-state index contributed by atoms with van der Waals surface area (Å²) < 4.78 is 0. The van der Waals surface area contributed by atoms with Crippen LogP contribution in [0.5, 0.6) is 0 Å². The first-order chi connectivity index (χ1) is 10.3. The lowest BCUT2D eigenvalue weighted by Crippen LogP contribution is -2.26. The van der Waals surface area contributed by atoms with Gasteiger partial charge in [-0.05, 0) is 30.3 Å². The van der Waals surface area contributed by atoms with Gasteiger partial charge in [-0.1, -0.05) is 12.1 Å². The van der Waals surface area contributed by atoms with Gasteiger partial charge in [-0.2, -0.15) is 0 Å². The fourth-order valence-corrected chi connectivity index (χ4v) is 1.98. The molecule has 0 radical (unpaired) electrons. The number of nitrogens with zero attached hydrogens (tertiary/aromatic N) is 4. The average molecular weight is 278 g/mol. The van der Waals surface area contributed by atoms with Gasteiger partial charge in [-0.3, -0.25) is 5.01 Å². The molecular formula is C15H14N6. The van der Waals surface area contributed by atoms with E-state index in [9.17, 15) is 0 Å². The van der Waals surface area contributed by atoms with Crippen molar-refractivity contribution < 1.29 is 0 Å². The quantitative estimate of drug-likeness (QED) is 0.563. The van der Waals surface area contributed by atoms with Crippen LogP contribution in [0.3, 0.4) is 0 Å². The molecule has 0 aliphatic rings. The molecular weight excluding hydrogens is 264 g/mol. The Kier molecular flexibility index (Phi) is 3.44. The molecule has 0 aliphatic carbocycles. The van der Waals surface area contributed by atoms with Gasteiger partial charge in [0.15, 0.2) is 11.6 Å². The molecule has 6 heteroatoms. The number of hydrazine groups is 1. The predicted octanol–water partition coefficient (Wildman–Crippen LogP) is 2.13. The first-order valence-electron chi connectivity index (χ1n) is 6.38. The Bertz CT molecular complexity index is 744. The van der Waals surface area contributed by atoms with Gasteiger partial charge in [0.25, 0.3) is 0 Å². The van der Waals surface area contributed by atoms with Crippen LogP contribution in [0.1, 0.15) is 0 Å². The van der Waals surface area contributed by atoms with Crippen molar-refractivity contribution >= 4 is 17.2 Å². The second kappa shape index (κ2) is 5.56. The van der Waals surface area contributed by atoms with Gasteiger partial charge in [0.1, 0.15) is 0 Å². The largest absolute Gasteiger partial charge is 0.396 e. The molecule has 104 valence electrons. The van der Waals surface area contributed by atoms with Gasteiger partial charge in [0, 0.05) is 24.2 Å². The zero-order valence-corrected chi connectivity index (χ0v) is 11.2. The molecule has 0 fully saturated rings. The maximum absolute atomic E-state index is 6.11. The molecule has 21 heavy (non-hydrogen) atoms. The van der Waals surface area contributed by atoms with E-state index in [0.29, 0.717) is 17.3 Å². The summed E-state index contributed by atoms with van der Waals surface area (Å²) in [6.07, 6.45) is 5.05. The second-order valence-electron chi connectivity index (χ2n) is 4.41. The highest BCUT2D eigenvalue weighted by Gasteiger charge is 2.10. The molecule has 6 nitrogen and oxygen atoms in total. The third-order valence-corrected chi connectivity index (χ3v) is 2.99. The number of hydrogen-bond donors (Lipinski definition) is 2. The Hall–Kier alpha value is -2.99. The molecule has 0 unspecified atom stereocenters. The van der Waals surface area contributed by atoms with Crippen LogP contribution in [0.4, 0.5) is 17.2 Å². The first-order valence-corrected chi connectivity index (χ1v) is 6.38. The Labute approximate surface area is 122 Å². The fourth-order valence-electron chi connectivity index (χ4n) is 1.98. The highest BCUT2D eigenvalue weighted by molar-refractivity contribution is 5.72. The molecule has 3 aromatic rings. The van der Waals surface area contributed by atoms with E-state index in [-0.39, 0.29) is 0 Å². The monoisotopic (exact) mass is 278 g/mol. The van der Waals surface area contributed by atoms with E-state index in [2.05, 4.69) is 15.0 Å². The van der Waals surface area contributed by atoms with Crippen molar-refractivity contribution in [3.8, 4) is 11.4 Å². The molecule has 3 rings (SSSR count). The van der Waals surface area contributed by atoms with Crippen LogP contribution in [0.25, 0.3) is 11.4 Å². The summed E-state index contributed by atoms with van der Waals surface area (Å²) in [6.45, 7) is 0. The second-order valence-corrected chi connectivity index (χ2v) is 4.41. The number of rotatable bonds is 3. The highest BCUT2D eigenvalue weighted by Crippen LogP contribution is 2.27. The van der Waals surface area contributed by atoms with Crippen molar-refractivity contribution in [1.82, 2.24) is 15.0 Å². The van der Waals surface area contributed by atoms with Crippen LogP contribution < -0.4 is 16.6 Å². The molecule has 0 saturated heterocycles. The van der Waals surface area contributed by atoms with Gasteiger partial charge in [0.2, 0.25) is 0 Å². The third kappa shape index (κ3) is 2.65. The molecule has 1 aromatic carbocycles. The number of anilines is 3. The Morgan fingerprint density at radius 3 is 2.38 bits per heavy atom. The lowest BCUT2D eigenvalue weighted by atomic mass is 10.2. The number of nitrogen functional groups attached to an aromatic ring is 1. The van der Waals surface area contributed by atoms with Crippen LogP contribution in [0.15, 0.2) is 61.1 Å². The van der Waals surface area contributed by atoms with Crippen LogP contribution in [0, 0.1) is 0 Å². The minimum atomic E-state index is 0.503. The van der Waals surface area contributed by atoms with Gasteiger partial charge in [0.05, 0.1) is 11.4 Å². The van der Waals surface area contributed by atoms with E-state index in [0.717, 1.165) is 11.3 Å². The lowest BCUT2D eigenvalue weighted by molar-refractivity contribution is 1.04. The SMILES string of the molecule is Nc1cccnc1N(N)c1cccc(-c2ncccn2)c1. The number of pyridine rings is 1. The van der Waals surface area contributed by atoms with E-state index < -0.39 is 0 Å². The summed E-state index contributed by atoms with van der Waals surface area (Å²) in [7, 11) is 0. The first kappa shape index (κ1) is 13.0. The third-order valence-electron chi connectivity index (χ3n) is 2.99. The minimum absolute atomic E-state index is 0.503. The number of hydrogen-bond acceptors (Lipinski definition) is 6. The molecule has 0 bridgehead atoms. The van der Waals surface area contributed by atoms with E-state index in [4.69, 9.17) is 11.6 Å². The summed E-state index contributed by atoms with van der Waals surface area (Å²) in [4.78, 5) is 12.7. The maximum atomic E-state index is 6.11. The van der Waals surface area contributed by atoms with Crippen molar-refractivity contribution in [2.45, 2.75) is 0 Å². The van der Waals surface area contributed by atoms with Crippen molar-refractivity contribution in [2.75, 3.05) is 10.7 Å². The predicted molar refractivity (Wildman–Crippen MR) is 82.4 cm³/mol. The molecule has 2 aromatic heterocycles. The van der Waals surface area contributed by atoms with E-state index in [1.807, 2.05) is 24.3 Å². The van der Waals surface area contributed by atoms with E-state index in [1.54, 1.807) is 36.8 Å². The zero-order chi connectivity index (χ0) is 14.7. The van der Waals surface area contributed by atoms with Crippen LogP contribution in [0.2, 0.25) is 0 Å². The smallest absolute Gasteiger partial charge is 0.170 e. The van der Waals surface area contributed by atoms with Crippen LogP contribution in [-0.4, -0.2) is 15.0 Å². The van der Waals surface area contributed by atoms with Crippen molar-refractivity contribution in [3.63, 3.8) is 0 Å². The summed E-state index contributed by atoms with van der Waals surface area (Å²) in [5.41, 5.74) is 8.04. The van der Waals surface area contributed by atoms with Crippen molar-refractivity contribution in [2.24, 2.45) is 5.84 Å². The molecule has 4 N–H and O–H groups in total. The standard InChI is InChI=1S/C15H14N6/c16-13-6-2-7-20-15(13)21(17)12-5-1-4-11(10-12)14-18-8-3-9-19-14/h1-10H,16-17H2. The summed E-state index contributed by atoms with van der Waals surface area (Å²) in [5, 5.41) is 1.45. The van der Waals surface area contributed by atoms with Gasteiger partial charge < -0.3 is 5.73 Å².